The van der Waals surface area contributed by atoms with Gasteiger partial charge in [-0.25, -0.2) is 4.68 Å². The fourth-order valence-electron chi connectivity index (χ4n) is 1.42. The smallest absolute Gasteiger partial charge is 0.174 e. The van der Waals surface area contributed by atoms with Crippen molar-refractivity contribution in [1.29, 1.82) is 0 Å². The molecule has 2 atom stereocenters. The molecule has 0 aromatic carbocycles. The highest BCUT2D eigenvalue weighted by Crippen LogP contribution is 2.25. The topological polar surface area (TPSA) is 63.4 Å². The maximum Gasteiger partial charge on any atom is 0.174 e. The van der Waals surface area contributed by atoms with Crippen molar-refractivity contribution < 1.29 is 9.94 Å². The highest BCUT2D eigenvalue weighted by Gasteiger charge is 2.31. The summed E-state index contributed by atoms with van der Waals surface area (Å²) in [5.41, 5.74) is 0. The van der Waals surface area contributed by atoms with Gasteiger partial charge < -0.3 is 5.11 Å². The summed E-state index contributed by atoms with van der Waals surface area (Å²) >= 11 is 0. The minimum absolute atomic E-state index is 0.0502. The van der Waals surface area contributed by atoms with Crippen LogP contribution in [0.1, 0.15) is 12.6 Å². The standard InChI is InChI=1S/C7H12N4O2/c1-10-6(5-12)4-7(13-10)11-3-2-8-9-11/h2-3,6-7,12H,4-5H2,1H3/t6-,7-/m1/s1. The molecule has 0 radical (unpaired) electrons. The Morgan fingerprint density at radius 3 is 3.08 bits per heavy atom. The molecule has 0 unspecified atom stereocenters. The Labute approximate surface area is 75.7 Å². The third kappa shape index (κ3) is 1.55. The minimum atomic E-state index is -0.135. The van der Waals surface area contributed by atoms with Crippen molar-refractivity contribution in [3.63, 3.8) is 0 Å². The Bertz CT molecular complexity index is 263. The second kappa shape index (κ2) is 3.41. The summed E-state index contributed by atoms with van der Waals surface area (Å²) in [6.07, 6.45) is 3.95. The van der Waals surface area contributed by atoms with Gasteiger partial charge in [-0.2, -0.15) is 5.06 Å². The summed E-state index contributed by atoms with van der Waals surface area (Å²) in [6, 6.07) is 0.0502. The monoisotopic (exact) mass is 184 g/mol. The molecule has 1 fully saturated rings. The van der Waals surface area contributed by atoms with E-state index in [0.717, 1.165) is 6.42 Å². The van der Waals surface area contributed by atoms with E-state index in [-0.39, 0.29) is 18.9 Å². The first kappa shape index (κ1) is 8.61. The van der Waals surface area contributed by atoms with Gasteiger partial charge in [0.15, 0.2) is 6.23 Å². The molecular weight excluding hydrogens is 172 g/mol. The molecule has 1 N–H and O–H groups in total. The summed E-state index contributed by atoms with van der Waals surface area (Å²) in [4.78, 5) is 5.44. The number of likely N-dealkylation sites (N-methyl/N-ethyl adjacent to an activating group) is 1. The number of aliphatic hydroxyl groups excluding tert-OH is 1. The highest BCUT2D eigenvalue weighted by atomic mass is 16.7. The molecule has 6 nitrogen and oxygen atoms in total. The zero-order valence-corrected chi connectivity index (χ0v) is 7.37. The van der Waals surface area contributed by atoms with Gasteiger partial charge in [0.2, 0.25) is 0 Å². The molecular formula is C7H12N4O2. The molecule has 1 aliphatic rings. The summed E-state index contributed by atoms with van der Waals surface area (Å²) in [6.45, 7) is 0.0989. The van der Waals surface area contributed by atoms with Crippen LogP contribution in [0.2, 0.25) is 0 Å². The van der Waals surface area contributed by atoms with Crippen molar-refractivity contribution in [3.8, 4) is 0 Å². The number of hydrogen-bond donors (Lipinski definition) is 1. The number of aliphatic hydroxyl groups is 1. The largest absolute Gasteiger partial charge is 0.395 e. The average Bonchev–Trinajstić information content (AvgIpc) is 2.71. The van der Waals surface area contributed by atoms with Gasteiger partial charge >= 0.3 is 0 Å². The highest BCUT2D eigenvalue weighted by molar-refractivity contribution is 4.76. The van der Waals surface area contributed by atoms with Crippen LogP contribution in [-0.2, 0) is 4.84 Å². The van der Waals surface area contributed by atoms with Crippen LogP contribution < -0.4 is 0 Å². The van der Waals surface area contributed by atoms with Gasteiger partial charge in [-0.1, -0.05) is 5.21 Å². The third-order valence-corrected chi connectivity index (χ3v) is 2.22. The van der Waals surface area contributed by atoms with Gasteiger partial charge in [-0.15, -0.1) is 5.10 Å². The molecule has 13 heavy (non-hydrogen) atoms. The molecule has 0 saturated carbocycles. The molecule has 2 heterocycles. The molecule has 1 aromatic rings. The number of hydrogen-bond acceptors (Lipinski definition) is 5. The zero-order chi connectivity index (χ0) is 9.26. The van der Waals surface area contributed by atoms with Crippen molar-refractivity contribution in [2.24, 2.45) is 0 Å². The first-order chi connectivity index (χ1) is 6.31. The van der Waals surface area contributed by atoms with E-state index < -0.39 is 0 Å². The van der Waals surface area contributed by atoms with Crippen LogP contribution >= 0.6 is 0 Å². The molecule has 6 heteroatoms. The Balaban J connectivity index is 2.05. The van der Waals surface area contributed by atoms with E-state index in [9.17, 15) is 0 Å². The van der Waals surface area contributed by atoms with Crippen LogP contribution in [0.15, 0.2) is 12.4 Å². The number of rotatable bonds is 2. The molecule has 1 saturated heterocycles. The first-order valence-corrected chi connectivity index (χ1v) is 4.17. The predicted molar refractivity (Wildman–Crippen MR) is 43.4 cm³/mol. The normalized spacial score (nSPS) is 29.7. The van der Waals surface area contributed by atoms with Crippen molar-refractivity contribution >= 4 is 0 Å². The van der Waals surface area contributed by atoms with Gasteiger partial charge in [-0.3, -0.25) is 4.84 Å². The van der Waals surface area contributed by atoms with Gasteiger partial charge in [0.05, 0.1) is 18.8 Å². The summed E-state index contributed by atoms with van der Waals surface area (Å²) < 4.78 is 1.64. The third-order valence-electron chi connectivity index (χ3n) is 2.22. The predicted octanol–water partition coefficient (Wildman–Crippen LogP) is -0.595. The molecule has 0 aliphatic carbocycles. The van der Waals surface area contributed by atoms with Gasteiger partial charge in [0.25, 0.3) is 0 Å². The van der Waals surface area contributed by atoms with E-state index in [1.165, 1.54) is 0 Å². The lowest BCUT2D eigenvalue weighted by atomic mass is 10.2. The number of aromatic nitrogens is 3. The zero-order valence-electron chi connectivity index (χ0n) is 7.37. The van der Waals surface area contributed by atoms with Gasteiger partial charge in [0, 0.05) is 19.7 Å². The molecule has 72 valence electrons. The second-order valence-electron chi connectivity index (χ2n) is 3.06. The lowest BCUT2D eigenvalue weighted by Gasteiger charge is -2.13. The minimum Gasteiger partial charge on any atom is -0.395 e. The van der Waals surface area contributed by atoms with E-state index >= 15 is 0 Å². The number of nitrogens with zero attached hydrogens (tertiary/aromatic N) is 4. The summed E-state index contributed by atoms with van der Waals surface area (Å²) in [5.74, 6) is 0. The fourth-order valence-corrected chi connectivity index (χ4v) is 1.42. The SMILES string of the molecule is CN1O[C@@H](n2ccnn2)C[C@@H]1CO. The lowest BCUT2D eigenvalue weighted by molar-refractivity contribution is -0.172. The maximum atomic E-state index is 8.98. The summed E-state index contributed by atoms with van der Waals surface area (Å²) in [5, 5.41) is 18.2. The Kier molecular flexibility index (Phi) is 2.26. The molecule has 0 amide bonds. The van der Waals surface area contributed by atoms with E-state index in [1.54, 1.807) is 29.2 Å². The van der Waals surface area contributed by atoms with Crippen molar-refractivity contribution in [3.05, 3.63) is 12.4 Å². The lowest BCUT2D eigenvalue weighted by Crippen LogP contribution is -2.26. The molecule has 0 spiro atoms. The maximum absolute atomic E-state index is 8.98. The Morgan fingerprint density at radius 2 is 2.54 bits per heavy atom. The van der Waals surface area contributed by atoms with Gasteiger partial charge in [0.1, 0.15) is 0 Å². The van der Waals surface area contributed by atoms with Crippen LogP contribution in [0.3, 0.4) is 0 Å². The van der Waals surface area contributed by atoms with E-state index in [0.29, 0.717) is 0 Å². The molecule has 1 aromatic heterocycles. The molecule has 2 rings (SSSR count). The van der Waals surface area contributed by atoms with Crippen molar-refractivity contribution in [2.75, 3.05) is 13.7 Å². The first-order valence-electron chi connectivity index (χ1n) is 4.17. The van der Waals surface area contributed by atoms with Crippen LogP contribution in [-0.4, -0.2) is 44.9 Å². The fraction of sp³-hybridized carbons (Fsp3) is 0.714. The quantitative estimate of drug-likeness (QED) is 0.665. The van der Waals surface area contributed by atoms with Gasteiger partial charge in [-0.05, 0) is 0 Å². The molecule has 1 aliphatic heterocycles. The Hall–Kier alpha value is -0.980. The van der Waals surface area contributed by atoms with E-state index in [2.05, 4.69) is 10.3 Å². The molecule has 0 bridgehead atoms. The van der Waals surface area contributed by atoms with Crippen LogP contribution in [0.5, 0.6) is 0 Å². The van der Waals surface area contributed by atoms with E-state index in [4.69, 9.17) is 9.94 Å². The van der Waals surface area contributed by atoms with Crippen LogP contribution in [0.4, 0.5) is 0 Å². The van der Waals surface area contributed by atoms with Crippen molar-refractivity contribution in [2.45, 2.75) is 18.7 Å². The summed E-state index contributed by atoms with van der Waals surface area (Å²) in [7, 11) is 1.80. The van der Waals surface area contributed by atoms with Crippen LogP contribution in [0, 0.1) is 0 Å². The van der Waals surface area contributed by atoms with Crippen LogP contribution in [0.25, 0.3) is 0 Å². The Morgan fingerprint density at radius 1 is 1.69 bits per heavy atom. The average molecular weight is 184 g/mol. The van der Waals surface area contributed by atoms with E-state index in [1.807, 2.05) is 0 Å². The van der Waals surface area contributed by atoms with Crippen molar-refractivity contribution in [1.82, 2.24) is 20.1 Å². The number of hydroxylamine groups is 2. The second-order valence-corrected chi connectivity index (χ2v) is 3.06.